The van der Waals surface area contributed by atoms with Gasteiger partial charge in [0.05, 0.1) is 11.4 Å². The summed E-state index contributed by atoms with van der Waals surface area (Å²) in [4.78, 5) is 14.8. The Kier molecular flexibility index (Phi) is 5.04. The number of nitrogens with zero attached hydrogens (tertiary/aromatic N) is 3. The molecule has 6 nitrogen and oxygen atoms in total. The Labute approximate surface area is 175 Å². The van der Waals surface area contributed by atoms with Crippen LogP contribution in [-0.4, -0.2) is 51.1 Å². The van der Waals surface area contributed by atoms with E-state index in [4.69, 9.17) is 4.98 Å². The Morgan fingerprint density at radius 3 is 2.77 bits per heavy atom. The van der Waals surface area contributed by atoms with Crippen molar-refractivity contribution in [3.05, 3.63) is 72.6 Å². The van der Waals surface area contributed by atoms with Gasteiger partial charge >= 0.3 is 0 Å². The first-order valence-corrected chi connectivity index (χ1v) is 10.3. The molecule has 1 fully saturated rings. The van der Waals surface area contributed by atoms with Crippen LogP contribution >= 0.6 is 0 Å². The quantitative estimate of drug-likeness (QED) is 0.478. The average Bonchev–Trinajstić information content (AvgIpc) is 3.46. The smallest absolute Gasteiger partial charge is 0.150 e. The number of benzene rings is 1. The van der Waals surface area contributed by atoms with E-state index in [9.17, 15) is 5.11 Å². The third-order valence-corrected chi connectivity index (χ3v) is 5.86. The normalized spacial score (nSPS) is 18.1. The summed E-state index contributed by atoms with van der Waals surface area (Å²) >= 11 is 0. The highest BCUT2D eigenvalue weighted by molar-refractivity contribution is 5.86. The van der Waals surface area contributed by atoms with Gasteiger partial charge in [-0.2, -0.15) is 0 Å². The second-order valence-corrected chi connectivity index (χ2v) is 7.80. The van der Waals surface area contributed by atoms with Crippen LogP contribution in [0.2, 0.25) is 0 Å². The minimum Gasteiger partial charge on any atom is -0.372 e. The van der Waals surface area contributed by atoms with Crippen LogP contribution in [0, 0.1) is 0 Å². The Morgan fingerprint density at radius 2 is 1.97 bits per heavy atom. The fourth-order valence-electron chi connectivity index (χ4n) is 4.12. The molecular formula is C24H25N5O. The number of pyridine rings is 2. The van der Waals surface area contributed by atoms with Crippen molar-refractivity contribution in [3.8, 4) is 22.5 Å². The molecule has 1 aliphatic heterocycles. The lowest BCUT2D eigenvalue weighted by Gasteiger charge is -2.22. The fourth-order valence-corrected chi connectivity index (χ4v) is 4.12. The lowest BCUT2D eigenvalue weighted by atomic mass is 10.1. The van der Waals surface area contributed by atoms with E-state index >= 15 is 0 Å². The highest BCUT2D eigenvalue weighted by atomic mass is 16.3. The largest absolute Gasteiger partial charge is 0.372 e. The summed E-state index contributed by atoms with van der Waals surface area (Å²) in [6.45, 7) is 1.68. The first-order valence-electron chi connectivity index (χ1n) is 10.3. The number of rotatable bonds is 5. The Balaban J connectivity index is 1.43. The van der Waals surface area contributed by atoms with Gasteiger partial charge in [0.1, 0.15) is 5.65 Å². The summed E-state index contributed by atoms with van der Waals surface area (Å²) < 4.78 is 0. The zero-order valence-corrected chi connectivity index (χ0v) is 16.9. The standard InChI is InChI=1S/C24H25N5O/c1-25-19-10-11-29(15-19)24(30)21-9-5-8-20(27-21)18-12-17-13-22(28-23(17)26-14-18)16-6-3-2-4-7-16/h2-9,12-14,19,24-25,30H,10-11,15H2,1H3,(H,26,28)/t19-,24?/m1/s1. The Morgan fingerprint density at radius 1 is 1.10 bits per heavy atom. The molecule has 0 aliphatic carbocycles. The van der Waals surface area contributed by atoms with Crippen LogP contribution in [0.1, 0.15) is 18.3 Å². The third-order valence-electron chi connectivity index (χ3n) is 5.86. The van der Waals surface area contributed by atoms with Gasteiger partial charge in [0.15, 0.2) is 6.23 Å². The zero-order chi connectivity index (χ0) is 20.5. The minimum absolute atomic E-state index is 0.418. The number of likely N-dealkylation sites (N-methyl/N-ethyl adjacent to an activating group) is 1. The van der Waals surface area contributed by atoms with Gasteiger partial charge < -0.3 is 15.4 Å². The van der Waals surface area contributed by atoms with E-state index in [2.05, 4.69) is 44.5 Å². The molecule has 1 aromatic carbocycles. The van der Waals surface area contributed by atoms with E-state index in [0.29, 0.717) is 11.7 Å². The first-order chi connectivity index (χ1) is 14.7. The Bertz CT molecular complexity index is 1160. The molecule has 152 valence electrons. The van der Waals surface area contributed by atoms with Gasteiger partial charge in [0, 0.05) is 42.0 Å². The number of nitrogens with one attached hydrogen (secondary N) is 2. The van der Waals surface area contributed by atoms with Crippen LogP contribution in [0.15, 0.2) is 66.9 Å². The van der Waals surface area contributed by atoms with Gasteiger partial charge in [0.2, 0.25) is 0 Å². The number of hydrogen-bond donors (Lipinski definition) is 3. The van der Waals surface area contributed by atoms with Gasteiger partial charge in [-0.05, 0) is 43.3 Å². The van der Waals surface area contributed by atoms with E-state index in [0.717, 1.165) is 53.1 Å². The van der Waals surface area contributed by atoms with Crippen molar-refractivity contribution >= 4 is 11.0 Å². The molecule has 1 saturated heterocycles. The molecule has 0 bridgehead atoms. The molecule has 30 heavy (non-hydrogen) atoms. The predicted octanol–water partition coefficient (Wildman–Crippen LogP) is 3.58. The highest BCUT2D eigenvalue weighted by Gasteiger charge is 2.27. The van der Waals surface area contributed by atoms with Crippen molar-refractivity contribution in [1.29, 1.82) is 0 Å². The van der Waals surface area contributed by atoms with Crippen molar-refractivity contribution in [2.45, 2.75) is 18.7 Å². The van der Waals surface area contributed by atoms with Crippen LogP contribution in [0.3, 0.4) is 0 Å². The molecule has 3 aromatic heterocycles. The number of aromatic nitrogens is 3. The van der Waals surface area contributed by atoms with E-state index < -0.39 is 6.23 Å². The van der Waals surface area contributed by atoms with Crippen molar-refractivity contribution < 1.29 is 5.11 Å². The molecule has 6 heteroatoms. The summed E-state index contributed by atoms with van der Waals surface area (Å²) in [6, 6.07) is 20.6. The summed E-state index contributed by atoms with van der Waals surface area (Å²) in [5.74, 6) is 0. The fraction of sp³-hybridized carbons (Fsp3) is 0.250. The molecule has 4 heterocycles. The van der Waals surface area contributed by atoms with Gasteiger partial charge in [0.25, 0.3) is 0 Å². The highest BCUT2D eigenvalue weighted by Crippen LogP contribution is 2.28. The van der Waals surface area contributed by atoms with E-state index in [1.54, 1.807) is 0 Å². The molecule has 4 aromatic rings. The molecule has 5 rings (SSSR count). The van der Waals surface area contributed by atoms with Crippen LogP contribution in [0.5, 0.6) is 0 Å². The number of hydrogen-bond acceptors (Lipinski definition) is 5. The Hall–Kier alpha value is -3.06. The lowest BCUT2D eigenvalue weighted by Crippen LogP contribution is -2.32. The summed E-state index contributed by atoms with van der Waals surface area (Å²) in [7, 11) is 1.97. The molecule has 1 unspecified atom stereocenters. The maximum atomic E-state index is 10.8. The van der Waals surface area contributed by atoms with Gasteiger partial charge in [-0.1, -0.05) is 36.4 Å². The number of H-pyrrole nitrogens is 1. The van der Waals surface area contributed by atoms with Gasteiger partial charge in [-0.25, -0.2) is 9.97 Å². The zero-order valence-electron chi connectivity index (χ0n) is 16.9. The van der Waals surface area contributed by atoms with E-state index in [-0.39, 0.29) is 0 Å². The summed E-state index contributed by atoms with van der Waals surface area (Å²) in [5, 5.41) is 15.1. The van der Waals surface area contributed by atoms with Crippen LogP contribution in [0.25, 0.3) is 33.5 Å². The van der Waals surface area contributed by atoms with Crippen LogP contribution in [-0.2, 0) is 0 Å². The number of aliphatic hydroxyl groups is 1. The number of aliphatic hydroxyl groups excluding tert-OH is 1. The molecule has 2 atom stereocenters. The van der Waals surface area contributed by atoms with Crippen molar-refractivity contribution in [1.82, 2.24) is 25.2 Å². The number of fused-ring (bicyclic) bond motifs is 1. The number of likely N-dealkylation sites (tertiary alicyclic amines) is 1. The molecule has 0 saturated carbocycles. The molecule has 0 radical (unpaired) electrons. The first kappa shape index (κ1) is 18.9. The molecule has 0 amide bonds. The van der Waals surface area contributed by atoms with Crippen molar-refractivity contribution in [2.75, 3.05) is 20.1 Å². The second kappa shape index (κ2) is 7.99. The topological polar surface area (TPSA) is 77.1 Å². The third kappa shape index (κ3) is 3.61. The SMILES string of the molecule is CN[C@@H]1CCN(C(O)c2cccc(-c3cnc4[nH]c(-c5ccccc5)cc4c3)n2)C1. The summed E-state index contributed by atoms with van der Waals surface area (Å²) in [6.07, 6.45) is 2.17. The summed E-state index contributed by atoms with van der Waals surface area (Å²) in [5.41, 5.74) is 5.44. The molecule has 3 N–H and O–H groups in total. The predicted molar refractivity (Wildman–Crippen MR) is 119 cm³/mol. The van der Waals surface area contributed by atoms with Gasteiger partial charge in [-0.3, -0.25) is 4.90 Å². The van der Waals surface area contributed by atoms with Crippen molar-refractivity contribution in [2.24, 2.45) is 0 Å². The van der Waals surface area contributed by atoms with Gasteiger partial charge in [-0.15, -0.1) is 0 Å². The van der Waals surface area contributed by atoms with Crippen LogP contribution < -0.4 is 5.32 Å². The molecular weight excluding hydrogens is 374 g/mol. The second-order valence-electron chi connectivity index (χ2n) is 7.80. The maximum Gasteiger partial charge on any atom is 0.150 e. The lowest BCUT2D eigenvalue weighted by molar-refractivity contribution is 0.0142. The minimum atomic E-state index is -0.697. The van der Waals surface area contributed by atoms with Crippen LogP contribution in [0.4, 0.5) is 0 Å². The van der Waals surface area contributed by atoms with E-state index in [1.807, 2.05) is 49.6 Å². The molecule has 0 spiro atoms. The monoisotopic (exact) mass is 399 g/mol. The molecule has 1 aliphatic rings. The maximum absolute atomic E-state index is 10.8. The van der Waals surface area contributed by atoms with Crippen molar-refractivity contribution in [3.63, 3.8) is 0 Å². The number of aromatic amines is 1. The van der Waals surface area contributed by atoms with E-state index in [1.165, 1.54) is 0 Å². The average molecular weight is 399 g/mol.